The second kappa shape index (κ2) is 5.94. The van der Waals surface area contributed by atoms with E-state index in [-0.39, 0.29) is 23.3 Å². The fourth-order valence-corrected chi connectivity index (χ4v) is 5.57. The van der Waals surface area contributed by atoms with Crippen LogP contribution in [0, 0.1) is 0 Å². The molecule has 2 amide bonds. The Morgan fingerprint density at radius 3 is 2.74 bits per heavy atom. The summed E-state index contributed by atoms with van der Waals surface area (Å²) in [5.41, 5.74) is 4.59. The number of benzene rings is 1. The molecule has 2 fully saturated rings. The Hall–Kier alpha value is -2.12. The van der Waals surface area contributed by atoms with Gasteiger partial charge in [-0.25, -0.2) is 0 Å². The number of fused-ring (bicyclic) bond motifs is 4. The van der Waals surface area contributed by atoms with Crippen molar-refractivity contribution in [2.24, 2.45) is 0 Å². The first-order valence-electron chi connectivity index (χ1n) is 9.87. The summed E-state index contributed by atoms with van der Waals surface area (Å²) in [5, 5.41) is 16.3. The molecule has 3 N–H and O–H groups in total. The minimum absolute atomic E-state index is 0.0346. The Morgan fingerprint density at radius 1 is 1.22 bits per heavy atom. The maximum absolute atomic E-state index is 13.1. The molecule has 0 radical (unpaired) electrons. The molecule has 0 bridgehead atoms. The van der Waals surface area contributed by atoms with Crippen molar-refractivity contribution in [1.29, 1.82) is 0 Å². The highest BCUT2D eigenvalue weighted by atomic mass is 16.3. The van der Waals surface area contributed by atoms with Crippen molar-refractivity contribution < 1.29 is 14.7 Å². The topological polar surface area (TPSA) is 84.9 Å². The van der Waals surface area contributed by atoms with Crippen LogP contribution >= 0.6 is 0 Å². The Balaban J connectivity index is 1.51. The van der Waals surface area contributed by atoms with Crippen LogP contribution in [-0.4, -0.2) is 60.8 Å². The van der Waals surface area contributed by atoms with Gasteiger partial charge in [0.05, 0.1) is 6.04 Å². The quantitative estimate of drug-likeness (QED) is 0.663. The SMILES string of the molecule is CN1CC2(CCNCC2)c2ccc3c(c21)CN([C@H]1CCC(=O)NC1O)C3=O. The fourth-order valence-electron chi connectivity index (χ4n) is 5.57. The predicted octanol–water partition coefficient (Wildman–Crippen LogP) is 0.310. The van der Waals surface area contributed by atoms with Gasteiger partial charge in [0, 0.05) is 48.8 Å². The maximum atomic E-state index is 13.1. The summed E-state index contributed by atoms with van der Waals surface area (Å²) in [7, 11) is 2.12. The number of piperidine rings is 2. The molecule has 144 valence electrons. The first-order chi connectivity index (χ1) is 13.0. The summed E-state index contributed by atoms with van der Waals surface area (Å²) in [5.74, 6) is -0.191. The molecule has 4 aliphatic heterocycles. The standard InChI is InChI=1S/C20H26N4O3/c1-23-11-20(6-8-21-9-7-20)14-3-2-12-13(17(14)23)10-24(19(12)27)15-4-5-16(25)22-18(15)26/h2-3,15,18,21,26H,4-11H2,1H3,(H,22,25)/t15-,18?/m0/s1. The Labute approximate surface area is 158 Å². The van der Waals surface area contributed by atoms with Gasteiger partial charge in [-0.05, 0) is 44.0 Å². The van der Waals surface area contributed by atoms with Crippen molar-refractivity contribution in [2.45, 2.75) is 49.9 Å². The number of likely N-dealkylation sites (N-methyl/N-ethyl adjacent to an activating group) is 1. The van der Waals surface area contributed by atoms with Gasteiger partial charge >= 0.3 is 0 Å². The molecule has 2 atom stereocenters. The number of amides is 2. The number of nitrogens with zero attached hydrogens (tertiary/aromatic N) is 2. The molecule has 1 aromatic rings. The van der Waals surface area contributed by atoms with Crippen molar-refractivity contribution in [1.82, 2.24) is 15.5 Å². The minimum Gasteiger partial charge on any atom is -0.373 e. The number of hydrogen-bond acceptors (Lipinski definition) is 5. The number of carbonyl (C=O) groups excluding carboxylic acids is 2. The number of rotatable bonds is 1. The van der Waals surface area contributed by atoms with E-state index in [1.807, 2.05) is 6.07 Å². The van der Waals surface area contributed by atoms with Crippen molar-refractivity contribution >= 4 is 17.5 Å². The van der Waals surface area contributed by atoms with Gasteiger partial charge in [0.1, 0.15) is 6.23 Å². The first kappa shape index (κ1) is 17.0. The van der Waals surface area contributed by atoms with Crippen molar-refractivity contribution in [3.8, 4) is 0 Å². The zero-order valence-corrected chi connectivity index (χ0v) is 15.6. The molecule has 1 aromatic carbocycles. The van der Waals surface area contributed by atoms with Crippen LogP contribution in [-0.2, 0) is 16.8 Å². The second-order valence-electron chi connectivity index (χ2n) is 8.43. The number of anilines is 1. The van der Waals surface area contributed by atoms with Crippen LogP contribution in [0.25, 0.3) is 0 Å². The molecule has 2 saturated heterocycles. The summed E-state index contributed by atoms with van der Waals surface area (Å²) in [4.78, 5) is 28.6. The molecule has 4 aliphatic rings. The summed E-state index contributed by atoms with van der Waals surface area (Å²) in [6.45, 7) is 3.57. The highest BCUT2D eigenvalue weighted by Gasteiger charge is 2.47. The van der Waals surface area contributed by atoms with Gasteiger partial charge in [0.2, 0.25) is 5.91 Å². The summed E-state index contributed by atoms with van der Waals surface area (Å²) < 4.78 is 0. The Kier molecular flexibility index (Phi) is 3.74. The molecular formula is C20H26N4O3. The molecular weight excluding hydrogens is 344 g/mol. The average molecular weight is 370 g/mol. The van der Waals surface area contributed by atoms with Gasteiger partial charge in [-0.15, -0.1) is 0 Å². The highest BCUT2D eigenvalue weighted by Crippen LogP contribution is 2.49. The number of carbonyl (C=O) groups is 2. The zero-order valence-electron chi connectivity index (χ0n) is 15.6. The third-order valence-electron chi connectivity index (χ3n) is 6.90. The van der Waals surface area contributed by atoms with E-state index in [4.69, 9.17) is 0 Å². The smallest absolute Gasteiger partial charge is 0.254 e. The third kappa shape index (κ3) is 2.41. The van der Waals surface area contributed by atoms with Crippen molar-refractivity contribution in [3.63, 3.8) is 0 Å². The summed E-state index contributed by atoms with van der Waals surface area (Å²) in [6.07, 6.45) is 2.09. The molecule has 0 aromatic heterocycles. The van der Waals surface area contributed by atoms with Crippen LogP contribution in [0.15, 0.2) is 12.1 Å². The van der Waals surface area contributed by atoms with E-state index in [2.05, 4.69) is 28.6 Å². The minimum atomic E-state index is -0.994. The number of hydrogen-bond donors (Lipinski definition) is 3. The van der Waals surface area contributed by atoms with Gasteiger partial charge in [-0.3, -0.25) is 9.59 Å². The molecule has 7 heteroatoms. The van der Waals surface area contributed by atoms with Crippen LogP contribution in [0.5, 0.6) is 0 Å². The molecule has 5 rings (SSSR count). The van der Waals surface area contributed by atoms with E-state index in [0.29, 0.717) is 19.4 Å². The molecule has 4 heterocycles. The van der Waals surface area contributed by atoms with E-state index in [1.54, 1.807) is 4.90 Å². The van der Waals surface area contributed by atoms with Crippen molar-refractivity contribution in [2.75, 3.05) is 31.6 Å². The van der Waals surface area contributed by atoms with Crippen LogP contribution in [0.3, 0.4) is 0 Å². The predicted molar refractivity (Wildman–Crippen MR) is 101 cm³/mol. The van der Waals surface area contributed by atoms with Crippen molar-refractivity contribution in [3.05, 3.63) is 28.8 Å². The van der Waals surface area contributed by atoms with E-state index in [9.17, 15) is 14.7 Å². The van der Waals surface area contributed by atoms with Gasteiger partial charge in [0.15, 0.2) is 0 Å². The first-order valence-corrected chi connectivity index (χ1v) is 9.87. The molecule has 7 nitrogen and oxygen atoms in total. The van der Waals surface area contributed by atoms with E-state index in [0.717, 1.165) is 43.6 Å². The lowest BCUT2D eigenvalue weighted by molar-refractivity contribution is -0.129. The Bertz CT molecular complexity index is 818. The van der Waals surface area contributed by atoms with Gasteiger partial charge in [-0.2, -0.15) is 0 Å². The van der Waals surface area contributed by atoms with Gasteiger partial charge in [-0.1, -0.05) is 6.07 Å². The molecule has 1 spiro atoms. The maximum Gasteiger partial charge on any atom is 0.254 e. The Morgan fingerprint density at radius 2 is 2.00 bits per heavy atom. The zero-order chi connectivity index (χ0) is 18.8. The fraction of sp³-hybridized carbons (Fsp3) is 0.600. The molecule has 0 saturated carbocycles. The lowest BCUT2D eigenvalue weighted by atomic mass is 9.74. The number of nitrogens with one attached hydrogen (secondary N) is 2. The molecule has 0 aliphatic carbocycles. The lowest BCUT2D eigenvalue weighted by Crippen LogP contribution is -2.55. The van der Waals surface area contributed by atoms with Gasteiger partial charge in [0.25, 0.3) is 5.91 Å². The third-order valence-corrected chi connectivity index (χ3v) is 6.90. The molecule has 27 heavy (non-hydrogen) atoms. The van der Waals surface area contributed by atoms with E-state index < -0.39 is 6.23 Å². The van der Waals surface area contributed by atoms with Crippen LogP contribution < -0.4 is 15.5 Å². The monoisotopic (exact) mass is 370 g/mol. The summed E-state index contributed by atoms with van der Waals surface area (Å²) in [6, 6.07) is 3.77. The average Bonchev–Trinajstić information content (AvgIpc) is 3.11. The van der Waals surface area contributed by atoms with Crippen LogP contribution in [0.1, 0.15) is 47.2 Å². The number of aliphatic hydroxyl groups excluding tert-OH is 1. The van der Waals surface area contributed by atoms with E-state index in [1.165, 1.54) is 11.3 Å². The highest BCUT2D eigenvalue weighted by molar-refractivity contribution is 6.01. The normalized spacial score (nSPS) is 29.1. The number of aliphatic hydroxyl groups is 1. The largest absolute Gasteiger partial charge is 0.373 e. The second-order valence-corrected chi connectivity index (χ2v) is 8.43. The van der Waals surface area contributed by atoms with Gasteiger partial charge < -0.3 is 25.5 Å². The van der Waals surface area contributed by atoms with Crippen LogP contribution in [0.2, 0.25) is 0 Å². The van der Waals surface area contributed by atoms with Crippen LogP contribution in [0.4, 0.5) is 5.69 Å². The lowest BCUT2D eigenvalue weighted by Gasteiger charge is -2.35. The molecule has 1 unspecified atom stereocenters. The van der Waals surface area contributed by atoms with E-state index >= 15 is 0 Å². The summed E-state index contributed by atoms with van der Waals surface area (Å²) >= 11 is 0.